The standard InChI is InChI=1S/C34H34FIN2O3S/c1-34(2,3)23-14-15-25-29(18-23)42-33(30(25)32(39)38-24-11-6-5-7-12-24)37-19-21-16-27(36)31(28(17-21)40-4)41-20-22-10-8-9-13-26(22)35/h5-13,16-17,19,23H,14-15,18,20H2,1-4H3,(H,38,39)/t23-/m1/s1. The minimum atomic E-state index is -0.310. The molecule has 0 aliphatic heterocycles. The first-order chi connectivity index (χ1) is 20.1. The Hall–Kier alpha value is -3.24. The van der Waals surface area contributed by atoms with Gasteiger partial charge in [0, 0.05) is 22.3 Å². The van der Waals surface area contributed by atoms with Crippen molar-refractivity contribution in [1.82, 2.24) is 0 Å². The maximum Gasteiger partial charge on any atom is 0.259 e. The number of anilines is 1. The molecule has 0 saturated heterocycles. The van der Waals surface area contributed by atoms with E-state index in [4.69, 9.17) is 14.5 Å². The first kappa shape index (κ1) is 30.2. The number of aliphatic imine (C=N–C) groups is 1. The highest BCUT2D eigenvalue weighted by molar-refractivity contribution is 14.1. The van der Waals surface area contributed by atoms with Crippen LogP contribution >= 0.6 is 33.9 Å². The number of thiophene rings is 1. The molecule has 1 heterocycles. The molecule has 0 fully saturated rings. The van der Waals surface area contributed by atoms with E-state index in [0.717, 1.165) is 39.6 Å². The fourth-order valence-electron chi connectivity index (χ4n) is 5.20. The Bertz CT molecular complexity index is 1610. The normalized spacial score (nSPS) is 15.0. The molecule has 1 amide bonds. The van der Waals surface area contributed by atoms with E-state index in [1.807, 2.05) is 42.5 Å². The molecule has 5 rings (SSSR count). The number of carbonyl (C=O) groups is 1. The molecule has 1 aliphatic carbocycles. The van der Waals surface area contributed by atoms with E-state index < -0.39 is 0 Å². The van der Waals surface area contributed by atoms with E-state index in [2.05, 4.69) is 48.7 Å². The lowest BCUT2D eigenvalue weighted by Crippen LogP contribution is -2.27. The van der Waals surface area contributed by atoms with Gasteiger partial charge in [0.05, 0.1) is 16.2 Å². The number of carbonyl (C=O) groups excluding carboxylic acids is 1. The molecule has 42 heavy (non-hydrogen) atoms. The van der Waals surface area contributed by atoms with Gasteiger partial charge in [-0.25, -0.2) is 9.38 Å². The van der Waals surface area contributed by atoms with Gasteiger partial charge in [0.2, 0.25) is 0 Å². The van der Waals surface area contributed by atoms with Crippen molar-refractivity contribution in [2.45, 2.75) is 46.6 Å². The summed E-state index contributed by atoms with van der Waals surface area (Å²) in [5.41, 5.74) is 4.01. The number of rotatable bonds is 8. The Morgan fingerprint density at radius 2 is 1.88 bits per heavy atom. The van der Waals surface area contributed by atoms with Crippen LogP contribution in [-0.4, -0.2) is 19.2 Å². The van der Waals surface area contributed by atoms with Crippen molar-refractivity contribution in [2.24, 2.45) is 16.3 Å². The van der Waals surface area contributed by atoms with Crippen LogP contribution in [-0.2, 0) is 19.4 Å². The molecule has 4 aromatic rings. The molecule has 0 bridgehead atoms. The molecule has 218 valence electrons. The number of hydrogen-bond donors (Lipinski definition) is 1. The van der Waals surface area contributed by atoms with E-state index >= 15 is 0 Å². The third-order valence-electron chi connectivity index (χ3n) is 7.64. The highest BCUT2D eigenvalue weighted by atomic mass is 127. The Labute approximate surface area is 264 Å². The number of amides is 1. The van der Waals surface area contributed by atoms with Crippen molar-refractivity contribution in [2.75, 3.05) is 12.4 Å². The summed E-state index contributed by atoms with van der Waals surface area (Å²) < 4.78 is 26.5. The molecule has 1 aliphatic rings. The Kier molecular flexibility index (Phi) is 9.32. The Balaban J connectivity index is 1.45. The molecule has 1 aromatic heterocycles. The van der Waals surface area contributed by atoms with E-state index in [-0.39, 0.29) is 23.7 Å². The van der Waals surface area contributed by atoms with Gasteiger partial charge in [-0.2, -0.15) is 0 Å². The minimum absolute atomic E-state index is 0.0860. The average molecular weight is 697 g/mol. The maximum absolute atomic E-state index is 14.1. The van der Waals surface area contributed by atoms with Gasteiger partial charge in [0.15, 0.2) is 11.5 Å². The van der Waals surface area contributed by atoms with Crippen molar-refractivity contribution in [1.29, 1.82) is 0 Å². The predicted molar refractivity (Wildman–Crippen MR) is 177 cm³/mol. The van der Waals surface area contributed by atoms with Crippen molar-refractivity contribution < 1.29 is 18.7 Å². The number of hydrogen-bond acceptors (Lipinski definition) is 5. The van der Waals surface area contributed by atoms with Crippen LogP contribution in [0.3, 0.4) is 0 Å². The van der Waals surface area contributed by atoms with Gasteiger partial charge < -0.3 is 14.8 Å². The third-order valence-corrected chi connectivity index (χ3v) is 9.61. The topological polar surface area (TPSA) is 59.9 Å². The highest BCUT2D eigenvalue weighted by Gasteiger charge is 2.33. The summed E-state index contributed by atoms with van der Waals surface area (Å²) in [4.78, 5) is 19.7. The van der Waals surface area contributed by atoms with Crippen LogP contribution in [0.25, 0.3) is 0 Å². The fourth-order valence-corrected chi connectivity index (χ4v) is 7.25. The number of ether oxygens (including phenoxy) is 2. The zero-order valence-electron chi connectivity index (χ0n) is 24.2. The number of halogens is 2. The summed E-state index contributed by atoms with van der Waals surface area (Å²) in [6.07, 6.45) is 4.62. The van der Waals surface area contributed by atoms with Gasteiger partial charge in [-0.1, -0.05) is 57.2 Å². The SMILES string of the molecule is COc1cc(C=Nc2sc3c(c2C(=O)Nc2ccccc2)CC[C@@H](C(C)(C)C)C3)cc(I)c1OCc1ccccc1F. The summed E-state index contributed by atoms with van der Waals surface area (Å²) in [6.45, 7) is 6.95. The molecule has 0 unspecified atom stereocenters. The van der Waals surface area contributed by atoms with E-state index in [0.29, 0.717) is 33.5 Å². The summed E-state index contributed by atoms with van der Waals surface area (Å²) in [5.74, 6) is 1.17. The van der Waals surface area contributed by atoms with Crippen LogP contribution in [0.1, 0.15) is 59.1 Å². The first-order valence-corrected chi connectivity index (χ1v) is 15.8. The lowest BCUT2D eigenvalue weighted by Gasteiger charge is -2.33. The van der Waals surface area contributed by atoms with Gasteiger partial charge in [0.25, 0.3) is 5.91 Å². The summed E-state index contributed by atoms with van der Waals surface area (Å²) in [6, 6.07) is 19.9. The van der Waals surface area contributed by atoms with Crippen LogP contribution in [0.15, 0.2) is 71.7 Å². The molecule has 3 aromatic carbocycles. The molecule has 1 N–H and O–H groups in total. The minimum Gasteiger partial charge on any atom is -0.493 e. The smallest absolute Gasteiger partial charge is 0.259 e. The van der Waals surface area contributed by atoms with Crippen molar-refractivity contribution in [3.63, 3.8) is 0 Å². The number of nitrogens with one attached hydrogen (secondary N) is 1. The van der Waals surface area contributed by atoms with Gasteiger partial charge in [-0.3, -0.25) is 4.79 Å². The first-order valence-electron chi connectivity index (χ1n) is 13.9. The monoisotopic (exact) mass is 696 g/mol. The second-order valence-corrected chi connectivity index (χ2v) is 13.7. The molecule has 1 atom stereocenters. The molecule has 0 saturated carbocycles. The molecule has 0 spiro atoms. The Morgan fingerprint density at radius 1 is 1.14 bits per heavy atom. The zero-order valence-corrected chi connectivity index (χ0v) is 27.1. The second kappa shape index (κ2) is 13.0. The van der Waals surface area contributed by atoms with E-state index in [1.54, 1.807) is 42.9 Å². The highest BCUT2D eigenvalue weighted by Crippen LogP contribution is 2.45. The van der Waals surface area contributed by atoms with Crippen LogP contribution in [0.4, 0.5) is 15.1 Å². The lowest BCUT2D eigenvalue weighted by molar-refractivity contribution is 0.102. The van der Waals surface area contributed by atoms with Crippen LogP contribution in [0.5, 0.6) is 11.5 Å². The number of fused-ring (bicyclic) bond motifs is 1. The van der Waals surface area contributed by atoms with Crippen LogP contribution in [0, 0.1) is 20.7 Å². The maximum atomic E-state index is 14.1. The Morgan fingerprint density at radius 3 is 2.60 bits per heavy atom. The van der Waals surface area contributed by atoms with Crippen molar-refractivity contribution in [3.05, 3.63) is 103 Å². The quantitative estimate of drug-likeness (QED) is 0.148. The van der Waals surface area contributed by atoms with Crippen LogP contribution in [0.2, 0.25) is 0 Å². The van der Waals surface area contributed by atoms with Crippen molar-refractivity contribution in [3.8, 4) is 11.5 Å². The third kappa shape index (κ3) is 6.86. The molecule has 8 heteroatoms. The molecule has 0 radical (unpaired) electrons. The largest absolute Gasteiger partial charge is 0.493 e. The van der Waals surface area contributed by atoms with E-state index in [1.165, 1.54) is 10.9 Å². The summed E-state index contributed by atoms with van der Waals surface area (Å²) in [5, 5.41) is 3.78. The number of nitrogens with zero attached hydrogens (tertiary/aromatic N) is 1. The molecule has 5 nitrogen and oxygen atoms in total. The summed E-state index contributed by atoms with van der Waals surface area (Å²) in [7, 11) is 1.58. The summed E-state index contributed by atoms with van der Waals surface area (Å²) >= 11 is 3.80. The number of benzene rings is 3. The zero-order chi connectivity index (χ0) is 29.9. The second-order valence-electron chi connectivity index (χ2n) is 11.5. The van der Waals surface area contributed by atoms with Gasteiger partial charge in [0.1, 0.15) is 17.4 Å². The molecular formula is C34H34FIN2O3S. The average Bonchev–Trinajstić information content (AvgIpc) is 3.34. The lowest BCUT2D eigenvalue weighted by atomic mass is 9.72. The van der Waals surface area contributed by atoms with Gasteiger partial charge >= 0.3 is 0 Å². The number of methoxy groups -OCH3 is 1. The predicted octanol–water partition coefficient (Wildman–Crippen LogP) is 9.23. The number of para-hydroxylation sites is 1. The fraction of sp³-hybridized carbons (Fsp3) is 0.294. The van der Waals surface area contributed by atoms with E-state index in [9.17, 15) is 9.18 Å². The molecular weight excluding hydrogens is 662 g/mol. The van der Waals surface area contributed by atoms with Crippen LogP contribution < -0.4 is 14.8 Å². The van der Waals surface area contributed by atoms with Gasteiger partial charge in [-0.05, 0) is 94.6 Å². The van der Waals surface area contributed by atoms with Crippen molar-refractivity contribution >= 4 is 56.7 Å². The van der Waals surface area contributed by atoms with Gasteiger partial charge in [-0.15, -0.1) is 11.3 Å².